The Morgan fingerprint density at radius 2 is 1.81 bits per heavy atom. The molecule has 0 amide bonds. The molecule has 0 aliphatic rings. The van der Waals surface area contributed by atoms with Crippen molar-refractivity contribution < 1.29 is 4.74 Å². The lowest BCUT2D eigenvalue weighted by atomic mass is 10.0. The Balaban J connectivity index is 1.72. The number of nitrogens with zero attached hydrogens (tertiary/aromatic N) is 2. The van der Waals surface area contributed by atoms with E-state index >= 15 is 0 Å². The summed E-state index contributed by atoms with van der Waals surface area (Å²) in [5.41, 5.74) is 3.44. The first-order chi connectivity index (χ1) is 13.3. The highest BCUT2D eigenvalue weighted by molar-refractivity contribution is 7.11. The molecule has 0 aliphatic heterocycles. The summed E-state index contributed by atoms with van der Waals surface area (Å²) in [5, 5.41) is 14.7. The molecule has 4 aromatic rings. The number of fused-ring (bicyclic) bond motifs is 1. The van der Waals surface area contributed by atoms with E-state index in [0.29, 0.717) is 5.57 Å². The fourth-order valence-corrected chi connectivity index (χ4v) is 3.76. The molecule has 0 bridgehead atoms. The number of ether oxygens (including phenoxy) is 1. The summed E-state index contributed by atoms with van der Waals surface area (Å²) >= 11 is 1.48. The van der Waals surface area contributed by atoms with Crippen LogP contribution in [-0.4, -0.2) is 12.1 Å². The van der Waals surface area contributed by atoms with E-state index in [9.17, 15) is 5.26 Å². The lowest BCUT2D eigenvalue weighted by Gasteiger charge is -2.02. The minimum absolute atomic E-state index is 0.566. The Kier molecular flexibility index (Phi) is 4.69. The van der Waals surface area contributed by atoms with E-state index in [1.54, 1.807) is 7.11 Å². The third-order valence-corrected chi connectivity index (χ3v) is 5.24. The number of methoxy groups -OCH3 is 1. The van der Waals surface area contributed by atoms with Crippen molar-refractivity contribution in [3.05, 3.63) is 82.7 Å². The van der Waals surface area contributed by atoms with E-state index in [1.807, 2.05) is 60.0 Å². The summed E-state index contributed by atoms with van der Waals surface area (Å²) in [7, 11) is 1.65. The summed E-state index contributed by atoms with van der Waals surface area (Å²) in [6, 6.07) is 24.3. The highest BCUT2D eigenvalue weighted by Crippen LogP contribution is 2.29. The van der Waals surface area contributed by atoms with Gasteiger partial charge < -0.3 is 4.74 Å². The Bertz CT molecular complexity index is 1160. The summed E-state index contributed by atoms with van der Waals surface area (Å²) in [4.78, 5) is 4.67. The molecule has 0 radical (unpaired) electrons. The van der Waals surface area contributed by atoms with Gasteiger partial charge in [-0.3, -0.25) is 0 Å². The molecular weight excluding hydrogens is 352 g/mol. The molecule has 27 heavy (non-hydrogen) atoms. The minimum atomic E-state index is 0.566. The average Bonchev–Trinajstić information content (AvgIpc) is 3.22. The van der Waals surface area contributed by atoms with Crippen LogP contribution in [0.3, 0.4) is 0 Å². The van der Waals surface area contributed by atoms with Gasteiger partial charge in [-0.05, 0) is 46.7 Å². The fourth-order valence-electron chi connectivity index (χ4n) is 2.97. The number of nitriles is 1. The van der Waals surface area contributed by atoms with E-state index in [4.69, 9.17) is 4.74 Å². The Morgan fingerprint density at radius 1 is 1.04 bits per heavy atom. The van der Waals surface area contributed by atoms with E-state index in [1.165, 1.54) is 11.3 Å². The molecule has 0 atom stereocenters. The number of thiazole rings is 1. The van der Waals surface area contributed by atoms with Gasteiger partial charge in [0.15, 0.2) is 0 Å². The van der Waals surface area contributed by atoms with Crippen molar-refractivity contribution >= 4 is 33.8 Å². The number of hydrogen-bond donors (Lipinski definition) is 0. The zero-order chi connectivity index (χ0) is 18.6. The number of benzene rings is 3. The number of hydrogen-bond acceptors (Lipinski definition) is 4. The van der Waals surface area contributed by atoms with Crippen molar-refractivity contribution in [3.8, 4) is 23.1 Å². The highest BCUT2D eigenvalue weighted by atomic mass is 32.1. The van der Waals surface area contributed by atoms with Gasteiger partial charge in [0.25, 0.3) is 0 Å². The molecule has 4 rings (SSSR count). The van der Waals surface area contributed by atoms with Gasteiger partial charge in [-0.1, -0.05) is 42.5 Å². The van der Waals surface area contributed by atoms with Crippen molar-refractivity contribution in [2.45, 2.75) is 0 Å². The maximum atomic E-state index is 9.69. The lowest BCUT2D eigenvalue weighted by molar-refractivity contribution is 0.415. The van der Waals surface area contributed by atoms with Crippen molar-refractivity contribution in [3.63, 3.8) is 0 Å². The molecule has 1 aromatic heterocycles. The van der Waals surface area contributed by atoms with E-state index in [-0.39, 0.29) is 0 Å². The second-order valence-electron chi connectivity index (χ2n) is 6.00. The fraction of sp³-hybridized carbons (Fsp3) is 0.0435. The molecule has 3 nitrogen and oxygen atoms in total. The smallest absolute Gasteiger partial charge is 0.134 e. The topological polar surface area (TPSA) is 45.9 Å². The number of rotatable bonds is 4. The molecule has 130 valence electrons. The van der Waals surface area contributed by atoms with Crippen LogP contribution in [0.5, 0.6) is 5.75 Å². The van der Waals surface area contributed by atoms with Gasteiger partial charge in [0, 0.05) is 10.9 Å². The SMILES string of the molecule is COc1ccc(-c2csc(/C(C#N)=C\c3cccc4ccccc34)n2)cc1. The molecule has 3 aromatic carbocycles. The van der Waals surface area contributed by atoms with Crippen LogP contribution in [0.15, 0.2) is 72.1 Å². The molecule has 0 aliphatic carbocycles. The minimum Gasteiger partial charge on any atom is -0.497 e. The monoisotopic (exact) mass is 368 g/mol. The van der Waals surface area contributed by atoms with Gasteiger partial charge in [0.2, 0.25) is 0 Å². The van der Waals surface area contributed by atoms with Crippen LogP contribution in [0.4, 0.5) is 0 Å². The summed E-state index contributed by atoms with van der Waals surface area (Å²) in [5.74, 6) is 0.808. The molecule has 0 unspecified atom stereocenters. The molecular formula is C23H16N2OS. The first-order valence-electron chi connectivity index (χ1n) is 8.48. The van der Waals surface area contributed by atoms with Gasteiger partial charge in [-0.15, -0.1) is 11.3 Å². The molecule has 0 saturated heterocycles. The van der Waals surface area contributed by atoms with Crippen LogP contribution in [0.25, 0.3) is 33.7 Å². The maximum Gasteiger partial charge on any atom is 0.134 e. The Labute approximate surface area is 161 Å². The molecule has 4 heteroatoms. The Morgan fingerprint density at radius 3 is 2.59 bits per heavy atom. The van der Waals surface area contributed by atoms with Gasteiger partial charge in [0.1, 0.15) is 16.8 Å². The molecule has 1 heterocycles. The summed E-state index contributed by atoms with van der Waals surface area (Å²) in [6.07, 6.45) is 1.92. The maximum absolute atomic E-state index is 9.69. The third-order valence-electron chi connectivity index (χ3n) is 4.36. The lowest BCUT2D eigenvalue weighted by Crippen LogP contribution is -1.85. The average molecular weight is 368 g/mol. The predicted octanol–water partition coefficient (Wildman–Crippen LogP) is 6.04. The zero-order valence-corrected chi connectivity index (χ0v) is 15.5. The van der Waals surface area contributed by atoms with Gasteiger partial charge in [-0.25, -0.2) is 4.98 Å². The van der Waals surface area contributed by atoms with Crippen LogP contribution in [0.2, 0.25) is 0 Å². The van der Waals surface area contributed by atoms with E-state index in [0.717, 1.165) is 38.4 Å². The van der Waals surface area contributed by atoms with E-state index in [2.05, 4.69) is 29.3 Å². The second kappa shape index (κ2) is 7.45. The summed E-state index contributed by atoms with van der Waals surface area (Å²) in [6.45, 7) is 0. The molecule has 0 spiro atoms. The van der Waals surface area contributed by atoms with Gasteiger partial charge in [-0.2, -0.15) is 5.26 Å². The van der Waals surface area contributed by atoms with Gasteiger partial charge in [0.05, 0.1) is 18.4 Å². The third kappa shape index (κ3) is 3.46. The number of aromatic nitrogens is 1. The first-order valence-corrected chi connectivity index (χ1v) is 9.36. The molecule has 0 fully saturated rings. The quantitative estimate of drug-likeness (QED) is 0.413. The van der Waals surface area contributed by atoms with Crippen molar-refractivity contribution in [1.82, 2.24) is 4.98 Å². The summed E-state index contributed by atoms with van der Waals surface area (Å²) < 4.78 is 5.20. The zero-order valence-electron chi connectivity index (χ0n) is 14.7. The van der Waals surface area contributed by atoms with Crippen LogP contribution in [0.1, 0.15) is 10.6 Å². The predicted molar refractivity (Wildman–Crippen MR) is 112 cm³/mol. The van der Waals surface area contributed by atoms with Crippen LogP contribution in [-0.2, 0) is 0 Å². The second-order valence-corrected chi connectivity index (χ2v) is 6.86. The van der Waals surface area contributed by atoms with E-state index < -0.39 is 0 Å². The van der Waals surface area contributed by atoms with Crippen LogP contribution in [0, 0.1) is 11.3 Å². The first kappa shape index (κ1) is 17.0. The number of allylic oxidation sites excluding steroid dienone is 1. The Hall–Kier alpha value is -3.42. The van der Waals surface area contributed by atoms with Crippen LogP contribution >= 0.6 is 11.3 Å². The van der Waals surface area contributed by atoms with Crippen molar-refractivity contribution in [2.24, 2.45) is 0 Å². The van der Waals surface area contributed by atoms with Crippen LogP contribution < -0.4 is 4.74 Å². The normalized spacial score (nSPS) is 11.3. The largest absolute Gasteiger partial charge is 0.497 e. The molecule has 0 saturated carbocycles. The van der Waals surface area contributed by atoms with Gasteiger partial charge >= 0.3 is 0 Å². The molecule has 0 N–H and O–H groups in total. The highest BCUT2D eigenvalue weighted by Gasteiger charge is 2.10. The van der Waals surface area contributed by atoms with Crippen molar-refractivity contribution in [2.75, 3.05) is 7.11 Å². The van der Waals surface area contributed by atoms with Crippen molar-refractivity contribution in [1.29, 1.82) is 5.26 Å². The standard InChI is InChI=1S/C23H16N2OS/c1-26-20-11-9-17(10-12-20)22-15-27-23(25-22)19(14-24)13-18-7-4-6-16-5-2-3-8-21(16)18/h2-13,15H,1H3/b19-13-.